The second-order valence-electron chi connectivity index (χ2n) is 6.08. The highest BCUT2D eigenvalue weighted by Gasteiger charge is 2.37. The molecule has 2 aliphatic rings. The largest absolute Gasteiger partial charge is 0.369 e. The zero-order chi connectivity index (χ0) is 13.3. The van der Waals surface area contributed by atoms with Gasteiger partial charge < -0.3 is 4.90 Å². The minimum atomic E-state index is -0.0701. The summed E-state index contributed by atoms with van der Waals surface area (Å²) in [6.45, 7) is 2.03. The van der Waals surface area contributed by atoms with Gasteiger partial charge in [-0.15, -0.1) is 0 Å². The van der Waals surface area contributed by atoms with Crippen molar-refractivity contribution in [1.82, 2.24) is 0 Å². The molecule has 1 aromatic carbocycles. The highest BCUT2D eigenvalue weighted by molar-refractivity contribution is 9.08. The van der Waals surface area contributed by atoms with Crippen molar-refractivity contribution in [2.45, 2.75) is 43.9 Å². The summed E-state index contributed by atoms with van der Waals surface area (Å²) in [5, 5.41) is 0.724. The van der Waals surface area contributed by atoms with Crippen molar-refractivity contribution in [3.05, 3.63) is 29.6 Å². The molecule has 1 saturated heterocycles. The van der Waals surface area contributed by atoms with E-state index in [1.807, 2.05) is 6.07 Å². The number of nitrogens with zero attached hydrogens (tertiary/aromatic N) is 1. The number of hydrogen-bond donors (Lipinski definition) is 0. The number of halogens is 2. The summed E-state index contributed by atoms with van der Waals surface area (Å²) >= 11 is 3.48. The minimum Gasteiger partial charge on any atom is -0.369 e. The molecule has 1 aliphatic heterocycles. The first-order valence-electron chi connectivity index (χ1n) is 7.32. The Morgan fingerprint density at radius 2 is 1.79 bits per heavy atom. The molecule has 0 bridgehead atoms. The third-order valence-corrected chi connectivity index (χ3v) is 5.62. The average molecular weight is 326 g/mol. The van der Waals surface area contributed by atoms with Crippen molar-refractivity contribution in [2.24, 2.45) is 5.41 Å². The first-order chi connectivity index (χ1) is 9.24. The molecule has 1 aromatic rings. The summed E-state index contributed by atoms with van der Waals surface area (Å²) in [4.78, 5) is 2.26. The molecule has 1 heterocycles. The predicted molar refractivity (Wildman–Crippen MR) is 81.4 cm³/mol. The number of para-hydroxylation sites is 1. The van der Waals surface area contributed by atoms with Crippen LogP contribution in [0.2, 0.25) is 0 Å². The molecular formula is C16H21BrFN. The highest BCUT2D eigenvalue weighted by Crippen LogP contribution is 2.47. The Hall–Kier alpha value is -0.570. The maximum Gasteiger partial charge on any atom is 0.146 e. The lowest BCUT2D eigenvalue weighted by molar-refractivity contribution is 0.226. The fourth-order valence-corrected chi connectivity index (χ4v) is 4.30. The molecule has 3 rings (SSSR count). The molecule has 3 heteroatoms. The Morgan fingerprint density at radius 3 is 2.42 bits per heavy atom. The van der Waals surface area contributed by atoms with Crippen molar-refractivity contribution < 1.29 is 4.39 Å². The number of hydrogen-bond acceptors (Lipinski definition) is 1. The summed E-state index contributed by atoms with van der Waals surface area (Å²) in [7, 11) is 0. The Labute approximate surface area is 123 Å². The topological polar surface area (TPSA) is 3.24 Å². The molecular weight excluding hydrogens is 305 g/mol. The Bertz CT molecular complexity index is 444. The summed E-state index contributed by atoms with van der Waals surface area (Å²) in [5.74, 6) is -0.0701. The third kappa shape index (κ3) is 2.54. The quantitative estimate of drug-likeness (QED) is 0.700. The van der Waals surface area contributed by atoms with E-state index in [1.54, 1.807) is 12.1 Å². The smallest absolute Gasteiger partial charge is 0.146 e. The van der Waals surface area contributed by atoms with Gasteiger partial charge in [0.05, 0.1) is 5.69 Å². The van der Waals surface area contributed by atoms with Crippen molar-refractivity contribution in [3.8, 4) is 0 Å². The zero-order valence-electron chi connectivity index (χ0n) is 11.3. The van der Waals surface area contributed by atoms with Gasteiger partial charge in [0.2, 0.25) is 0 Å². The van der Waals surface area contributed by atoms with Crippen LogP contribution in [0.3, 0.4) is 0 Å². The van der Waals surface area contributed by atoms with Crippen LogP contribution in [0.25, 0.3) is 0 Å². The monoisotopic (exact) mass is 325 g/mol. The van der Waals surface area contributed by atoms with Gasteiger partial charge in [0, 0.05) is 18.4 Å². The third-order valence-electron chi connectivity index (χ3n) is 5.02. The number of benzene rings is 1. The highest BCUT2D eigenvalue weighted by atomic mass is 79.9. The van der Waals surface area contributed by atoms with Gasteiger partial charge in [-0.25, -0.2) is 4.39 Å². The number of rotatable bonds is 2. The molecule has 0 unspecified atom stereocenters. The molecule has 0 atom stereocenters. The molecule has 1 spiro atoms. The van der Waals surface area contributed by atoms with Crippen LogP contribution >= 0.6 is 15.9 Å². The lowest BCUT2D eigenvalue weighted by Gasteiger charge is -2.41. The molecule has 1 aliphatic carbocycles. The van der Waals surface area contributed by atoms with Crippen LogP contribution < -0.4 is 4.90 Å². The van der Waals surface area contributed by atoms with Crippen LogP contribution in [0, 0.1) is 11.2 Å². The van der Waals surface area contributed by atoms with Gasteiger partial charge in [-0.3, -0.25) is 0 Å². The number of alkyl halides is 1. The van der Waals surface area contributed by atoms with Gasteiger partial charge in [0.25, 0.3) is 0 Å². The number of anilines is 1. The van der Waals surface area contributed by atoms with E-state index in [9.17, 15) is 4.39 Å². The van der Waals surface area contributed by atoms with Gasteiger partial charge >= 0.3 is 0 Å². The van der Waals surface area contributed by atoms with Crippen molar-refractivity contribution >= 4 is 21.6 Å². The zero-order valence-corrected chi connectivity index (χ0v) is 12.9. The molecule has 1 nitrogen and oxygen atoms in total. The van der Waals surface area contributed by atoms with Gasteiger partial charge in [-0.1, -0.05) is 40.9 Å². The van der Waals surface area contributed by atoms with E-state index in [0.29, 0.717) is 5.41 Å². The molecule has 0 N–H and O–H groups in total. The molecule has 2 fully saturated rings. The van der Waals surface area contributed by atoms with Crippen molar-refractivity contribution in [2.75, 3.05) is 18.0 Å². The molecule has 0 radical (unpaired) electrons. The Morgan fingerprint density at radius 1 is 1.11 bits per heavy atom. The second-order valence-corrected chi connectivity index (χ2v) is 6.64. The maximum absolute atomic E-state index is 14.1. The molecule has 0 amide bonds. The van der Waals surface area contributed by atoms with Crippen molar-refractivity contribution in [1.29, 1.82) is 0 Å². The fraction of sp³-hybridized carbons (Fsp3) is 0.625. The van der Waals surface area contributed by atoms with Crippen LogP contribution in [0.5, 0.6) is 0 Å². The van der Waals surface area contributed by atoms with Crippen molar-refractivity contribution in [3.63, 3.8) is 0 Å². The van der Waals surface area contributed by atoms with Gasteiger partial charge in [-0.05, 0) is 42.7 Å². The van der Waals surface area contributed by atoms with Gasteiger partial charge in [0.15, 0.2) is 0 Å². The van der Waals surface area contributed by atoms with E-state index < -0.39 is 0 Å². The number of piperidine rings is 1. The Balaban J connectivity index is 1.78. The van der Waals surface area contributed by atoms with Crippen LogP contribution in [0.1, 0.15) is 44.1 Å². The molecule has 104 valence electrons. The minimum absolute atomic E-state index is 0.0701. The second kappa shape index (κ2) is 5.43. The Kier molecular flexibility index (Phi) is 3.84. The van der Waals surface area contributed by atoms with E-state index in [-0.39, 0.29) is 5.82 Å². The SMILES string of the molecule is Fc1cccc(CBr)c1N1CCC2(CCCC2)CC1. The summed E-state index contributed by atoms with van der Waals surface area (Å²) in [6, 6.07) is 5.41. The normalized spacial score (nSPS) is 22.1. The standard InChI is InChI=1S/C16H21BrFN/c17-12-13-4-3-5-14(18)15(13)19-10-8-16(9-11-19)6-1-2-7-16/h3-5H,1-2,6-12H2. The van der Waals surface area contributed by atoms with Crippen LogP contribution in [-0.4, -0.2) is 13.1 Å². The molecule has 19 heavy (non-hydrogen) atoms. The first kappa shape index (κ1) is 13.4. The first-order valence-corrected chi connectivity index (χ1v) is 8.45. The van der Waals surface area contributed by atoms with Crippen LogP contribution in [0.4, 0.5) is 10.1 Å². The predicted octanol–water partition coefficient (Wildman–Crippen LogP) is 4.88. The van der Waals surface area contributed by atoms with E-state index in [2.05, 4.69) is 20.8 Å². The van der Waals surface area contributed by atoms with E-state index in [4.69, 9.17) is 0 Å². The van der Waals surface area contributed by atoms with E-state index in [0.717, 1.165) is 29.7 Å². The summed E-state index contributed by atoms with van der Waals surface area (Å²) < 4.78 is 14.1. The average Bonchev–Trinajstić information content (AvgIpc) is 2.88. The van der Waals surface area contributed by atoms with E-state index in [1.165, 1.54) is 38.5 Å². The summed E-state index contributed by atoms with van der Waals surface area (Å²) in [6.07, 6.45) is 8.05. The van der Waals surface area contributed by atoms with Gasteiger partial charge in [-0.2, -0.15) is 0 Å². The lowest BCUT2D eigenvalue weighted by atomic mass is 9.77. The molecule has 1 saturated carbocycles. The maximum atomic E-state index is 14.1. The summed E-state index contributed by atoms with van der Waals surface area (Å²) in [5.41, 5.74) is 2.49. The lowest BCUT2D eigenvalue weighted by Crippen LogP contribution is -2.39. The fourth-order valence-electron chi connectivity index (χ4n) is 3.85. The van der Waals surface area contributed by atoms with E-state index >= 15 is 0 Å². The van der Waals surface area contributed by atoms with Crippen LogP contribution in [0.15, 0.2) is 18.2 Å². The molecule has 0 aromatic heterocycles. The van der Waals surface area contributed by atoms with Gasteiger partial charge in [0.1, 0.15) is 5.82 Å². The van der Waals surface area contributed by atoms with Crippen LogP contribution in [-0.2, 0) is 5.33 Å².